The maximum absolute atomic E-state index is 6.61. The summed E-state index contributed by atoms with van der Waals surface area (Å²) in [5, 5.41) is 2.47. The summed E-state index contributed by atoms with van der Waals surface area (Å²) < 4.78 is 10.6. The van der Waals surface area contributed by atoms with Crippen LogP contribution in [-0.2, 0) is 0 Å². The third-order valence-electron chi connectivity index (χ3n) is 3.20. The predicted octanol–water partition coefficient (Wildman–Crippen LogP) is 5.36. The molecule has 0 aliphatic heterocycles. The molecule has 0 radical (unpaired) electrons. The summed E-state index contributed by atoms with van der Waals surface area (Å²) in [4.78, 5) is 0.959. The van der Waals surface area contributed by atoms with Gasteiger partial charge in [-0.2, -0.15) is 0 Å². The lowest BCUT2D eigenvalue weighted by Crippen LogP contribution is -1.99. The van der Waals surface area contributed by atoms with E-state index in [4.69, 9.17) is 32.7 Å². The molecule has 1 aromatic carbocycles. The van der Waals surface area contributed by atoms with E-state index in [1.165, 1.54) is 0 Å². The average Bonchev–Trinajstić information content (AvgIpc) is 2.78. The second kappa shape index (κ2) is 6.25. The van der Waals surface area contributed by atoms with Crippen LogP contribution in [0.5, 0.6) is 11.5 Å². The van der Waals surface area contributed by atoms with E-state index in [0.29, 0.717) is 11.5 Å². The van der Waals surface area contributed by atoms with E-state index in [-0.39, 0.29) is 5.38 Å². The van der Waals surface area contributed by atoms with Gasteiger partial charge in [-0.1, -0.05) is 11.6 Å². The second-order valence-electron chi connectivity index (χ2n) is 4.52. The summed E-state index contributed by atoms with van der Waals surface area (Å²) in [5.41, 5.74) is 3.08. The number of benzene rings is 1. The first-order valence-corrected chi connectivity index (χ1v) is 7.79. The lowest BCUT2D eigenvalue weighted by atomic mass is 10.0. The quantitative estimate of drug-likeness (QED) is 0.702. The zero-order chi connectivity index (χ0) is 14.9. The molecule has 0 bridgehead atoms. The highest BCUT2D eigenvalue weighted by Crippen LogP contribution is 2.43. The zero-order valence-corrected chi connectivity index (χ0v) is 14.1. The number of thiophene rings is 1. The third kappa shape index (κ3) is 2.76. The molecular weight excluding hydrogens is 315 g/mol. The van der Waals surface area contributed by atoms with E-state index in [1.807, 2.05) is 31.4 Å². The maximum atomic E-state index is 6.61. The Kier molecular flexibility index (Phi) is 4.84. The number of hydrogen-bond donors (Lipinski definition) is 0. The summed E-state index contributed by atoms with van der Waals surface area (Å²) in [7, 11) is 3.23. The standard InChI is InChI=1S/C15H16Cl2O2S/c1-8-5-11(18-3)12(19-4)6-10(8)14(17)15-13(16)9(2)7-20-15/h5-7,14H,1-4H3. The van der Waals surface area contributed by atoms with Gasteiger partial charge < -0.3 is 9.47 Å². The first kappa shape index (κ1) is 15.5. The van der Waals surface area contributed by atoms with Crippen molar-refractivity contribution in [2.45, 2.75) is 19.2 Å². The van der Waals surface area contributed by atoms with Crippen LogP contribution in [0.4, 0.5) is 0 Å². The molecule has 0 aliphatic carbocycles. The summed E-state index contributed by atoms with van der Waals surface area (Å²) in [6.07, 6.45) is 0. The van der Waals surface area contributed by atoms with Gasteiger partial charge in [-0.15, -0.1) is 22.9 Å². The number of alkyl halides is 1. The Balaban J connectivity index is 2.49. The lowest BCUT2D eigenvalue weighted by molar-refractivity contribution is 0.354. The van der Waals surface area contributed by atoms with Crippen LogP contribution in [0, 0.1) is 13.8 Å². The van der Waals surface area contributed by atoms with Crippen LogP contribution in [0.3, 0.4) is 0 Å². The maximum Gasteiger partial charge on any atom is 0.161 e. The minimum absolute atomic E-state index is 0.291. The SMILES string of the molecule is COc1cc(C)c(C(Cl)c2scc(C)c2Cl)cc1OC. The van der Waals surface area contributed by atoms with Gasteiger partial charge in [0, 0.05) is 4.88 Å². The average molecular weight is 331 g/mol. The number of rotatable bonds is 4. The molecule has 0 amide bonds. The van der Waals surface area contributed by atoms with Crippen LogP contribution in [0.15, 0.2) is 17.5 Å². The van der Waals surface area contributed by atoms with Crippen LogP contribution in [0.25, 0.3) is 0 Å². The molecule has 108 valence electrons. The van der Waals surface area contributed by atoms with E-state index in [9.17, 15) is 0 Å². The minimum Gasteiger partial charge on any atom is -0.493 e. The Morgan fingerprint density at radius 1 is 1.05 bits per heavy atom. The Labute approximate surface area is 133 Å². The molecular formula is C15H16Cl2O2S. The normalized spacial score (nSPS) is 12.3. The van der Waals surface area contributed by atoms with Gasteiger partial charge >= 0.3 is 0 Å². The highest BCUT2D eigenvalue weighted by Gasteiger charge is 2.21. The highest BCUT2D eigenvalue weighted by atomic mass is 35.5. The Morgan fingerprint density at radius 2 is 1.65 bits per heavy atom. The summed E-state index contributed by atoms with van der Waals surface area (Å²) >= 11 is 14.5. The first-order valence-electron chi connectivity index (χ1n) is 6.09. The van der Waals surface area contributed by atoms with E-state index in [1.54, 1.807) is 25.6 Å². The van der Waals surface area contributed by atoms with Crippen molar-refractivity contribution in [2.75, 3.05) is 14.2 Å². The summed E-state index contributed by atoms with van der Waals surface area (Å²) in [5.74, 6) is 1.37. The Bertz CT molecular complexity index is 623. The van der Waals surface area contributed by atoms with Gasteiger partial charge in [0.15, 0.2) is 11.5 Å². The van der Waals surface area contributed by atoms with Gasteiger partial charge in [0.2, 0.25) is 0 Å². The van der Waals surface area contributed by atoms with Gasteiger partial charge in [0.05, 0.1) is 24.6 Å². The Hall–Kier alpha value is -0.900. The van der Waals surface area contributed by atoms with E-state index >= 15 is 0 Å². The van der Waals surface area contributed by atoms with Crippen LogP contribution in [-0.4, -0.2) is 14.2 Å². The van der Waals surface area contributed by atoms with Crippen molar-refractivity contribution < 1.29 is 9.47 Å². The van der Waals surface area contributed by atoms with Crippen LogP contribution in [0.1, 0.15) is 26.9 Å². The van der Waals surface area contributed by atoms with E-state index in [2.05, 4.69) is 0 Å². The highest BCUT2D eigenvalue weighted by molar-refractivity contribution is 7.11. The van der Waals surface area contributed by atoms with Crippen molar-refractivity contribution in [3.63, 3.8) is 0 Å². The van der Waals surface area contributed by atoms with Crippen molar-refractivity contribution in [1.29, 1.82) is 0 Å². The molecule has 0 spiro atoms. The van der Waals surface area contributed by atoms with Crippen molar-refractivity contribution in [3.05, 3.63) is 44.1 Å². The fourth-order valence-electron chi connectivity index (χ4n) is 2.03. The molecule has 0 fully saturated rings. The smallest absolute Gasteiger partial charge is 0.161 e. The lowest BCUT2D eigenvalue weighted by Gasteiger charge is -2.16. The van der Waals surface area contributed by atoms with Gasteiger partial charge in [0.25, 0.3) is 0 Å². The first-order chi connectivity index (χ1) is 9.49. The molecule has 1 heterocycles. The number of hydrogen-bond acceptors (Lipinski definition) is 3. The molecule has 0 aliphatic rings. The van der Waals surface area contributed by atoms with Crippen molar-refractivity contribution in [3.8, 4) is 11.5 Å². The van der Waals surface area contributed by atoms with Crippen molar-refractivity contribution >= 4 is 34.5 Å². The number of ether oxygens (including phenoxy) is 2. The molecule has 0 N–H and O–H groups in total. The van der Waals surface area contributed by atoms with Crippen LogP contribution >= 0.6 is 34.5 Å². The monoisotopic (exact) mass is 330 g/mol. The molecule has 1 aromatic heterocycles. The van der Waals surface area contributed by atoms with Crippen LogP contribution < -0.4 is 9.47 Å². The number of halogens is 2. The molecule has 0 saturated carbocycles. The fraction of sp³-hybridized carbons (Fsp3) is 0.333. The van der Waals surface area contributed by atoms with Gasteiger partial charge in [-0.05, 0) is 48.1 Å². The molecule has 1 atom stereocenters. The molecule has 2 nitrogen and oxygen atoms in total. The molecule has 0 saturated heterocycles. The third-order valence-corrected chi connectivity index (χ3v) is 5.56. The fourth-order valence-corrected chi connectivity index (χ4v) is 3.88. The van der Waals surface area contributed by atoms with Crippen molar-refractivity contribution in [2.24, 2.45) is 0 Å². The Morgan fingerprint density at radius 3 is 2.15 bits per heavy atom. The summed E-state index contributed by atoms with van der Waals surface area (Å²) in [6.45, 7) is 3.98. The summed E-state index contributed by atoms with van der Waals surface area (Å²) in [6, 6.07) is 3.84. The molecule has 2 aromatic rings. The van der Waals surface area contributed by atoms with Crippen molar-refractivity contribution in [1.82, 2.24) is 0 Å². The second-order valence-corrected chi connectivity index (χ2v) is 6.25. The minimum atomic E-state index is -0.291. The topological polar surface area (TPSA) is 18.5 Å². The number of aryl methyl sites for hydroxylation is 2. The molecule has 20 heavy (non-hydrogen) atoms. The van der Waals surface area contributed by atoms with E-state index in [0.717, 1.165) is 26.6 Å². The molecule has 1 unspecified atom stereocenters. The zero-order valence-electron chi connectivity index (χ0n) is 11.8. The van der Waals surface area contributed by atoms with E-state index < -0.39 is 0 Å². The molecule has 5 heteroatoms. The number of methoxy groups -OCH3 is 2. The van der Waals surface area contributed by atoms with Gasteiger partial charge in [0.1, 0.15) is 0 Å². The predicted molar refractivity (Wildman–Crippen MR) is 86.0 cm³/mol. The molecule has 2 rings (SSSR count). The largest absolute Gasteiger partial charge is 0.493 e. The van der Waals surface area contributed by atoms with Gasteiger partial charge in [-0.3, -0.25) is 0 Å². The van der Waals surface area contributed by atoms with Gasteiger partial charge in [-0.25, -0.2) is 0 Å². The van der Waals surface area contributed by atoms with Crippen LogP contribution in [0.2, 0.25) is 5.02 Å².